The van der Waals surface area contributed by atoms with Crippen LogP contribution in [0.1, 0.15) is 5.56 Å². The number of carbonyl (C=O) groups excluding carboxylic acids is 1. The van der Waals surface area contributed by atoms with E-state index in [0.29, 0.717) is 22.1 Å². The number of hydrogen-bond donors (Lipinski definition) is 3. The van der Waals surface area contributed by atoms with E-state index in [9.17, 15) is 4.79 Å². The predicted octanol–water partition coefficient (Wildman–Crippen LogP) is 3.87. The highest BCUT2D eigenvalue weighted by Crippen LogP contribution is 2.20. The third-order valence-electron chi connectivity index (χ3n) is 2.54. The number of nitrogen functional groups attached to an aromatic ring is 1. The summed E-state index contributed by atoms with van der Waals surface area (Å²) in [6, 6.07) is 12.0. The highest BCUT2D eigenvalue weighted by atomic mass is 35.5. The summed E-state index contributed by atoms with van der Waals surface area (Å²) in [4.78, 5) is 11.8. The van der Waals surface area contributed by atoms with Crippen molar-refractivity contribution in [2.75, 3.05) is 16.4 Å². The van der Waals surface area contributed by atoms with Crippen molar-refractivity contribution in [3.8, 4) is 0 Å². The molecule has 4 nitrogen and oxygen atoms in total. The normalized spacial score (nSPS) is 10.0. The molecular formula is C14H14ClN3O. The second-order valence-corrected chi connectivity index (χ2v) is 4.62. The van der Waals surface area contributed by atoms with Crippen molar-refractivity contribution in [2.45, 2.75) is 6.92 Å². The monoisotopic (exact) mass is 275 g/mol. The molecule has 4 N–H and O–H groups in total. The Morgan fingerprint density at radius 1 is 1.16 bits per heavy atom. The molecule has 0 unspecified atom stereocenters. The lowest BCUT2D eigenvalue weighted by atomic mass is 10.2. The number of carbonyl (C=O) groups is 1. The number of nitrogens with two attached hydrogens (primary N) is 1. The number of benzene rings is 2. The highest BCUT2D eigenvalue weighted by molar-refractivity contribution is 6.30. The topological polar surface area (TPSA) is 67.2 Å². The molecule has 2 amide bonds. The third kappa shape index (κ3) is 3.63. The van der Waals surface area contributed by atoms with Crippen LogP contribution in [-0.4, -0.2) is 6.03 Å². The van der Waals surface area contributed by atoms with E-state index in [1.807, 2.05) is 13.0 Å². The molecule has 0 spiro atoms. The number of urea groups is 1. The number of anilines is 3. The molecule has 0 saturated carbocycles. The summed E-state index contributed by atoms with van der Waals surface area (Å²) in [6.07, 6.45) is 0. The van der Waals surface area contributed by atoms with Gasteiger partial charge in [-0.15, -0.1) is 0 Å². The van der Waals surface area contributed by atoms with Crippen LogP contribution in [0.2, 0.25) is 5.02 Å². The van der Waals surface area contributed by atoms with Gasteiger partial charge < -0.3 is 16.4 Å². The Hall–Kier alpha value is -2.20. The maximum Gasteiger partial charge on any atom is 0.323 e. The molecular weight excluding hydrogens is 262 g/mol. The number of nitrogens with one attached hydrogen (secondary N) is 2. The fourth-order valence-corrected chi connectivity index (χ4v) is 1.84. The standard InChI is InChI=1S/C14H14ClN3O/c1-9-5-6-13(12(16)7-9)18-14(19)17-11-4-2-3-10(15)8-11/h2-8H,16H2,1H3,(H2,17,18,19). The second kappa shape index (κ2) is 5.63. The Labute approximate surface area is 116 Å². The molecule has 0 heterocycles. The Balaban J connectivity index is 2.05. The van der Waals surface area contributed by atoms with Crippen molar-refractivity contribution in [3.63, 3.8) is 0 Å². The molecule has 0 aliphatic carbocycles. The summed E-state index contributed by atoms with van der Waals surface area (Å²) in [5.41, 5.74) is 8.59. The van der Waals surface area contributed by atoms with Crippen LogP contribution in [-0.2, 0) is 0 Å². The van der Waals surface area contributed by atoms with Crippen LogP contribution in [0, 0.1) is 6.92 Å². The quantitative estimate of drug-likeness (QED) is 0.728. The maximum atomic E-state index is 11.8. The van der Waals surface area contributed by atoms with Gasteiger partial charge in [0.1, 0.15) is 0 Å². The molecule has 0 fully saturated rings. The van der Waals surface area contributed by atoms with Crippen LogP contribution in [0.3, 0.4) is 0 Å². The minimum absolute atomic E-state index is 0.363. The molecule has 0 aromatic heterocycles. The number of halogens is 1. The van der Waals surface area contributed by atoms with E-state index in [-0.39, 0.29) is 6.03 Å². The molecule has 0 radical (unpaired) electrons. The Kier molecular flexibility index (Phi) is 3.92. The highest BCUT2D eigenvalue weighted by Gasteiger charge is 2.05. The van der Waals surface area contributed by atoms with Gasteiger partial charge >= 0.3 is 6.03 Å². The first-order chi connectivity index (χ1) is 9.04. The van der Waals surface area contributed by atoms with Crippen LogP contribution in [0.25, 0.3) is 0 Å². The van der Waals surface area contributed by atoms with E-state index >= 15 is 0 Å². The fourth-order valence-electron chi connectivity index (χ4n) is 1.65. The van der Waals surface area contributed by atoms with Gasteiger partial charge in [-0.2, -0.15) is 0 Å². The van der Waals surface area contributed by atoms with E-state index in [0.717, 1.165) is 5.56 Å². The average molecular weight is 276 g/mol. The minimum Gasteiger partial charge on any atom is -0.397 e. The van der Waals surface area contributed by atoms with Gasteiger partial charge in [-0.25, -0.2) is 4.79 Å². The first-order valence-corrected chi connectivity index (χ1v) is 6.12. The molecule has 0 saturated heterocycles. The lowest BCUT2D eigenvalue weighted by Gasteiger charge is -2.10. The molecule has 19 heavy (non-hydrogen) atoms. The van der Waals surface area contributed by atoms with E-state index in [2.05, 4.69) is 10.6 Å². The first kappa shape index (κ1) is 13.2. The van der Waals surface area contributed by atoms with Crippen molar-refractivity contribution in [1.82, 2.24) is 0 Å². The van der Waals surface area contributed by atoms with Gasteiger partial charge in [0.25, 0.3) is 0 Å². The second-order valence-electron chi connectivity index (χ2n) is 4.18. The van der Waals surface area contributed by atoms with Crippen LogP contribution in [0.5, 0.6) is 0 Å². The van der Waals surface area contributed by atoms with Crippen molar-refractivity contribution in [2.24, 2.45) is 0 Å². The number of aryl methyl sites for hydroxylation is 1. The molecule has 0 bridgehead atoms. The fraction of sp³-hybridized carbons (Fsp3) is 0.0714. The summed E-state index contributed by atoms with van der Waals surface area (Å²) < 4.78 is 0. The van der Waals surface area contributed by atoms with Crippen molar-refractivity contribution < 1.29 is 4.79 Å². The van der Waals surface area contributed by atoms with Crippen LogP contribution in [0.4, 0.5) is 21.9 Å². The minimum atomic E-state index is -0.363. The van der Waals surface area contributed by atoms with Gasteiger partial charge in [0.05, 0.1) is 11.4 Å². The number of rotatable bonds is 2. The first-order valence-electron chi connectivity index (χ1n) is 5.74. The van der Waals surface area contributed by atoms with Gasteiger partial charge in [0.2, 0.25) is 0 Å². The van der Waals surface area contributed by atoms with Crippen molar-refractivity contribution in [1.29, 1.82) is 0 Å². The van der Waals surface area contributed by atoms with Crippen molar-refractivity contribution in [3.05, 3.63) is 53.1 Å². The predicted molar refractivity (Wildman–Crippen MR) is 79.7 cm³/mol. The molecule has 0 aliphatic rings. The SMILES string of the molecule is Cc1ccc(NC(=O)Nc2cccc(Cl)c2)c(N)c1. The van der Waals surface area contributed by atoms with Gasteiger partial charge in [-0.05, 0) is 42.8 Å². The summed E-state index contributed by atoms with van der Waals surface area (Å²) in [5.74, 6) is 0. The zero-order valence-corrected chi connectivity index (χ0v) is 11.2. The average Bonchev–Trinajstić information content (AvgIpc) is 2.33. The van der Waals surface area contributed by atoms with Crippen LogP contribution >= 0.6 is 11.6 Å². The van der Waals surface area contributed by atoms with Gasteiger partial charge in [-0.1, -0.05) is 23.7 Å². The smallest absolute Gasteiger partial charge is 0.323 e. The maximum absolute atomic E-state index is 11.8. The summed E-state index contributed by atoms with van der Waals surface area (Å²) in [6.45, 7) is 1.94. The van der Waals surface area contributed by atoms with Crippen molar-refractivity contribution >= 4 is 34.7 Å². The van der Waals surface area contributed by atoms with Gasteiger partial charge in [0, 0.05) is 10.7 Å². The van der Waals surface area contributed by atoms with E-state index in [4.69, 9.17) is 17.3 Å². The Bertz CT molecular complexity index is 613. The summed E-state index contributed by atoms with van der Waals surface area (Å²) in [7, 11) is 0. The number of amides is 2. The van der Waals surface area contributed by atoms with E-state index in [1.54, 1.807) is 36.4 Å². The summed E-state index contributed by atoms with van der Waals surface area (Å²) >= 11 is 5.84. The summed E-state index contributed by atoms with van der Waals surface area (Å²) in [5, 5.41) is 5.93. The molecule has 2 aromatic carbocycles. The lowest BCUT2D eigenvalue weighted by Crippen LogP contribution is -2.20. The Morgan fingerprint density at radius 2 is 1.95 bits per heavy atom. The van der Waals surface area contributed by atoms with E-state index in [1.165, 1.54) is 0 Å². The van der Waals surface area contributed by atoms with Crippen LogP contribution in [0.15, 0.2) is 42.5 Å². The zero-order chi connectivity index (χ0) is 13.8. The molecule has 0 atom stereocenters. The van der Waals surface area contributed by atoms with Gasteiger partial charge in [0.15, 0.2) is 0 Å². The van der Waals surface area contributed by atoms with Gasteiger partial charge in [-0.3, -0.25) is 0 Å². The molecule has 2 rings (SSSR count). The van der Waals surface area contributed by atoms with Crippen LogP contribution < -0.4 is 16.4 Å². The molecule has 0 aliphatic heterocycles. The third-order valence-corrected chi connectivity index (χ3v) is 2.77. The lowest BCUT2D eigenvalue weighted by molar-refractivity contribution is 0.262. The largest absolute Gasteiger partial charge is 0.397 e. The number of hydrogen-bond acceptors (Lipinski definition) is 2. The molecule has 98 valence electrons. The molecule has 2 aromatic rings. The van der Waals surface area contributed by atoms with E-state index < -0.39 is 0 Å². The Morgan fingerprint density at radius 3 is 2.63 bits per heavy atom. The zero-order valence-electron chi connectivity index (χ0n) is 10.4. The molecule has 5 heteroatoms.